The van der Waals surface area contributed by atoms with Crippen LogP contribution in [0.3, 0.4) is 0 Å². The van der Waals surface area contributed by atoms with Gasteiger partial charge in [0.25, 0.3) is 0 Å². The number of nitrogens with zero attached hydrogens (tertiary/aromatic N) is 2. The number of fused-ring (bicyclic) bond motifs is 3. The number of carbonyl (C=O) groups is 2. The summed E-state index contributed by atoms with van der Waals surface area (Å²) in [5, 5.41) is 5.62. The molecule has 0 aliphatic rings. The van der Waals surface area contributed by atoms with E-state index in [4.69, 9.17) is 5.73 Å². The molecule has 0 saturated heterocycles. The summed E-state index contributed by atoms with van der Waals surface area (Å²) in [6.07, 6.45) is 0.974. The molecule has 0 saturated carbocycles. The second-order valence-corrected chi connectivity index (χ2v) is 7.37. The van der Waals surface area contributed by atoms with Crippen LogP contribution >= 0.6 is 0 Å². The largest absolute Gasteiger partial charge is 0.380 e. The van der Waals surface area contributed by atoms with Crippen molar-refractivity contribution in [1.29, 1.82) is 0 Å². The molecule has 0 unspecified atom stereocenters. The van der Waals surface area contributed by atoms with E-state index in [9.17, 15) is 9.59 Å². The van der Waals surface area contributed by atoms with Crippen LogP contribution < -0.4 is 5.73 Å². The number of amidine groups is 1. The number of rotatable bonds is 6. The summed E-state index contributed by atoms with van der Waals surface area (Å²) < 4.78 is 2.24. The van der Waals surface area contributed by atoms with Gasteiger partial charge in [-0.05, 0) is 42.8 Å². The molecule has 0 atom stereocenters. The predicted octanol–water partition coefficient (Wildman–Crippen LogP) is 4.62. The minimum atomic E-state index is -0.535. The van der Waals surface area contributed by atoms with Crippen LogP contribution in [0.15, 0.2) is 71.9 Å². The zero-order valence-electron chi connectivity index (χ0n) is 17.5. The Hall–Kier alpha value is -3.93. The Bertz CT molecular complexity index is 1320. The van der Waals surface area contributed by atoms with Crippen molar-refractivity contribution < 1.29 is 14.4 Å². The molecule has 1 aromatic heterocycles. The Morgan fingerprint density at radius 1 is 0.903 bits per heavy atom. The van der Waals surface area contributed by atoms with Crippen molar-refractivity contribution in [3.05, 3.63) is 83.4 Å². The minimum Gasteiger partial charge on any atom is -0.380 e. The lowest BCUT2D eigenvalue weighted by atomic mass is 10.0. The first-order valence-electron chi connectivity index (χ1n) is 10.2. The molecule has 31 heavy (non-hydrogen) atoms. The average Bonchev–Trinajstić information content (AvgIpc) is 3.10. The van der Waals surface area contributed by atoms with E-state index in [1.54, 1.807) is 0 Å². The van der Waals surface area contributed by atoms with Crippen molar-refractivity contribution in [2.24, 2.45) is 10.9 Å². The third-order valence-corrected chi connectivity index (χ3v) is 5.18. The van der Waals surface area contributed by atoms with Gasteiger partial charge in [0.15, 0.2) is 11.6 Å². The summed E-state index contributed by atoms with van der Waals surface area (Å²) in [5.41, 5.74) is 10.0. The van der Waals surface area contributed by atoms with Gasteiger partial charge < -0.3 is 15.1 Å². The van der Waals surface area contributed by atoms with Crippen molar-refractivity contribution in [3.8, 4) is 0 Å². The molecule has 6 heteroatoms. The van der Waals surface area contributed by atoms with Crippen LogP contribution in [0.5, 0.6) is 0 Å². The first-order valence-corrected chi connectivity index (χ1v) is 10.2. The number of oxime groups is 1. The monoisotopic (exact) mass is 413 g/mol. The topological polar surface area (TPSA) is 86.7 Å². The molecule has 4 rings (SSSR count). The van der Waals surface area contributed by atoms with Gasteiger partial charge in [0.1, 0.15) is 0 Å². The van der Waals surface area contributed by atoms with Crippen molar-refractivity contribution in [2.45, 2.75) is 26.8 Å². The molecule has 156 valence electrons. The van der Waals surface area contributed by atoms with E-state index in [0.717, 1.165) is 34.8 Å². The molecule has 0 radical (unpaired) electrons. The van der Waals surface area contributed by atoms with Crippen LogP contribution in [0, 0.1) is 0 Å². The van der Waals surface area contributed by atoms with Gasteiger partial charge in [-0.15, -0.1) is 0 Å². The van der Waals surface area contributed by atoms with Gasteiger partial charge >= 0.3 is 5.97 Å². The van der Waals surface area contributed by atoms with Crippen molar-refractivity contribution in [2.75, 3.05) is 0 Å². The lowest BCUT2D eigenvalue weighted by molar-refractivity contribution is -0.140. The maximum Gasteiger partial charge on any atom is 0.332 e. The fourth-order valence-electron chi connectivity index (χ4n) is 3.79. The van der Waals surface area contributed by atoms with Gasteiger partial charge in [-0.25, -0.2) is 4.79 Å². The van der Waals surface area contributed by atoms with E-state index in [1.165, 1.54) is 6.92 Å². The zero-order valence-corrected chi connectivity index (χ0v) is 17.5. The Kier molecular flexibility index (Phi) is 5.54. The van der Waals surface area contributed by atoms with Crippen LogP contribution in [0.1, 0.15) is 41.8 Å². The van der Waals surface area contributed by atoms with Crippen LogP contribution in [-0.4, -0.2) is 22.2 Å². The van der Waals surface area contributed by atoms with Crippen LogP contribution in [-0.2, 0) is 16.2 Å². The molecular formula is C25H23N3O3. The van der Waals surface area contributed by atoms with E-state index in [0.29, 0.717) is 16.7 Å². The molecule has 0 spiro atoms. The number of hydrogen-bond acceptors (Lipinski definition) is 4. The molecule has 1 heterocycles. The van der Waals surface area contributed by atoms with E-state index in [1.807, 2.05) is 66.7 Å². The summed E-state index contributed by atoms with van der Waals surface area (Å²) in [6.45, 7) is 4.25. The first kappa shape index (κ1) is 20.3. The highest BCUT2D eigenvalue weighted by Crippen LogP contribution is 2.31. The molecule has 6 nitrogen and oxygen atoms in total. The van der Waals surface area contributed by atoms with Crippen LogP contribution in [0.25, 0.3) is 21.8 Å². The lowest BCUT2D eigenvalue weighted by Gasteiger charge is -2.06. The smallest absolute Gasteiger partial charge is 0.332 e. The van der Waals surface area contributed by atoms with Gasteiger partial charge in [0.05, 0.1) is 0 Å². The highest BCUT2D eigenvalue weighted by molar-refractivity contribution is 6.15. The van der Waals surface area contributed by atoms with Gasteiger partial charge in [0.2, 0.25) is 0 Å². The number of hydrogen-bond donors (Lipinski definition) is 1. The highest BCUT2D eigenvalue weighted by atomic mass is 16.7. The molecular weight excluding hydrogens is 390 g/mol. The van der Waals surface area contributed by atoms with Gasteiger partial charge in [-0.2, -0.15) is 0 Å². The minimum absolute atomic E-state index is 0.0222. The summed E-state index contributed by atoms with van der Waals surface area (Å²) >= 11 is 0. The molecule has 0 fully saturated rings. The predicted molar refractivity (Wildman–Crippen MR) is 122 cm³/mol. The van der Waals surface area contributed by atoms with Crippen molar-refractivity contribution in [3.63, 3.8) is 0 Å². The highest BCUT2D eigenvalue weighted by Gasteiger charge is 2.15. The summed E-state index contributed by atoms with van der Waals surface area (Å²) in [4.78, 5) is 28.7. The Morgan fingerprint density at radius 3 is 2.13 bits per heavy atom. The van der Waals surface area contributed by atoms with Gasteiger partial charge in [-0.3, -0.25) is 4.79 Å². The fraction of sp³-hybridized carbons (Fsp3) is 0.160. The number of aromatic nitrogens is 1. The standard InChI is InChI=1S/C25H23N3O3/c1-3-13-28-22-11-9-18(24(30)17-7-5-4-6-8-17)14-20(22)21-15-19(10-12-23(21)28)25(26)27-31-16(2)29/h4-12,14-15H,3,13H2,1-2H3,(H2,26,27). The quantitative estimate of drug-likeness (QED) is 0.164. The maximum absolute atomic E-state index is 13.0. The molecule has 0 aliphatic carbocycles. The van der Waals surface area contributed by atoms with E-state index >= 15 is 0 Å². The molecule has 0 aliphatic heterocycles. The van der Waals surface area contributed by atoms with Crippen molar-refractivity contribution >= 4 is 39.4 Å². The van der Waals surface area contributed by atoms with E-state index in [-0.39, 0.29) is 11.6 Å². The average molecular weight is 413 g/mol. The molecule has 0 bridgehead atoms. The van der Waals surface area contributed by atoms with Gasteiger partial charge in [-0.1, -0.05) is 42.4 Å². The number of aryl methyl sites for hydroxylation is 1. The molecule has 4 aromatic rings. The Balaban J connectivity index is 1.89. The van der Waals surface area contributed by atoms with E-state index in [2.05, 4.69) is 21.5 Å². The summed E-state index contributed by atoms with van der Waals surface area (Å²) in [6, 6.07) is 20.8. The van der Waals surface area contributed by atoms with Crippen molar-refractivity contribution in [1.82, 2.24) is 4.57 Å². The molecule has 0 amide bonds. The lowest BCUT2D eigenvalue weighted by Crippen LogP contribution is -2.14. The second kappa shape index (κ2) is 8.44. The molecule has 2 N–H and O–H groups in total. The zero-order chi connectivity index (χ0) is 22.0. The summed E-state index contributed by atoms with van der Waals surface area (Å²) in [7, 11) is 0. The number of carbonyl (C=O) groups excluding carboxylic acids is 2. The Labute approximate surface area is 179 Å². The molecule has 3 aromatic carbocycles. The number of benzene rings is 3. The maximum atomic E-state index is 13.0. The third-order valence-electron chi connectivity index (χ3n) is 5.18. The Morgan fingerprint density at radius 2 is 1.52 bits per heavy atom. The van der Waals surface area contributed by atoms with Crippen LogP contribution in [0.4, 0.5) is 0 Å². The normalized spacial score (nSPS) is 11.7. The second-order valence-electron chi connectivity index (χ2n) is 7.37. The summed E-state index contributed by atoms with van der Waals surface area (Å²) in [5.74, 6) is -0.441. The first-order chi connectivity index (χ1) is 15.0. The third kappa shape index (κ3) is 3.92. The van der Waals surface area contributed by atoms with E-state index < -0.39 is 5.97 Å². The number of nitrogens with two attached hydrogens (primary N) is 1. The SMILES string of the molecule is CCCn1c2ccc(C(=O)c3ccccc3)cc2c2cc(/C(N)=N\OC(C)=O)ccc21. The van der Waals surface area contributed by atoms with Gasteiger partial charge in [0, 0.05) is 52.0 Å². The van der Waals surface area contributed by atoms with Crippen LogP contribution in [0.2, 0.25) is 0 Å². The number of ketones is 1. The fourth-order valence-corrected chi connectivity index (χ4v) is 3.79.